The molecule has 0 unspecified atom stereocenters. The summed E-state index contributed by atoms with van der Waals surface area (Å²) in [4.78, 5) is 21.2. The molecule has 30 heavy (non-hydrogen) atoms. The molecule has 4 rings (SSSR count). The van der Waals surface area contributed by atoms with Crippen LogP contribution in [0.15, 0.2) is 65.9 Å². The second-order valence-corrected chi connectivity index (χ2v) is 6.68. The Balaban J connectivity index is 1.66. The summed E-state index contributed by atoms with van der Waals surface area (Å²) in [6.07, 6.45) is 4.93. The highest BCUT2D eigenvalue weighted by molar-refractivity contribution is 5.72. The lowest BCUT2D eigenvalue weighted by Gasteiger charge is -2.09. The van der Waals surface area contributed by atoms with E-state index in [4.69, 9.17) is 5.73 Å². The van der Waals surface area contributed by atoms with Crippen molar-refractivity contribution in [1.82, 2.24) is 34.5 Å². The predicted molar refractivity (Wildman–Crippen MR) is 109 cm³/mol. The molecule has 0 saturated heterocycles. The Morgan fingerprint density at radius 1 is 1.27 bits per heavy atom. The molecule has 3 heterocycles. The summed E-state index contributed by atoms with van der Waals surface area (Å²) in [7, 11) is 0. The molecule has 10 heteroatoms. The van der Waals surface area contributed by atoms with Crippen molar-refractivity contribution < 1.29 is 4.39 Å². The molecular weight excluding hydrogens is 387 g/mol. The minimum Gasteiger partial charge on any atom is -0.327 e. The molecule has 0 bridgehead atoms. The van der Waals surface area contributed by atoms with E-state index in [1.54, 1.807) is 12.3 Å². The van der Waals surface area contributed by atoms with Crippen molar-refractivity contribution in [2.75, 3.05) is 6.54 Å². The summed E-state index contributed by atoms with van der Waals surface area (Å²) in [5.74, 6) is 1.11. The fourth-order valence-electron chi connectivity index (χ4n) is 3.09. The van der Waals surface area contributed by atoms with Crippen LogP contribution in [0.1, 0.15) is 5.56 Å². The summed E-state index contributed by atoms with van der Waals surface area (Å²) in [6, 6.07) is 9.65. The Kier molecular flexibility index (Phi) is 5.31. The predicted octanol–water partition coefficient (Wildman–Crippen LogP) is 2.00. The number of benzene rings is 1. The number of nitrogens with one attached hydrogen (secondary N) is 1. The van der Waals surface area contributed by atoms with Gasteiger partial charge < -0.3 is 5.73 Å². The number of nitrogens with two attached hydrogens (primary N) is 1. The molecule has 0 saturated carbocycles. The van der Waals surface area contributed by atoms with Gasteiger partial charge in [-0.2, -0.15) is 10.2 Å². The SMILES string of the molecule is Cc1cc(-n2cnn(C/C(=C/F)CN)c2=O)ncc1-c1cccc(-c2ncn[nH]2)c1. The van der Waals surface area contributed by atoms with Crippen molar-refractivity contribution in [3.63, 3.8) is 0 Å². The normalized spacial score (nSPS) is 11.8. The highest BCUT2D eigenvalue weighted by Gasteiger charge is 2.12. The Bertz CT molecular complexity index is 1260. The maximum absolute atomic E-state index is 12.8. The van der Waals surface area contributed by atoms with E-state index in [0.717, 1.165) is 26.9 Å². The third kappa shape index (κ3) is 3.67. The second-order valence-electron chi connectivity index (χ2n) is 6.68. The van der Waals surface area contributed by atoms with Crippen LogP contribution in [0.25, 0.3) is 28.3 Å². The van der Waals surface area contributed by atoms with E-state index in [1.807, 2.05) is 31.2 Å². The number of H-pyrrole nitrogens is 1. The summed E-state index contributed by atoms with van der Waals surface area (Å²) in [5, 5.41) is 10.8. The summed E-state index contributed by atoms with van der Waals surface area (Å²) < 4.78 is 15.2. The zero-order chi connectivity index (χ0) is 21.1. The number of hydrogen-bond donors (Lipinski definition) is 2. The molecule has 0 aliphatic carbocycles. The van der Waals surface area contributed by atoms with E-state index in [-0.39, 0.29) is 18.7 Å². The van der Waals surface area contributed by atoms with Gasteiger partial charge in [-0.25, -0.2) is 28.4 Å². The van der Waals surface area contributed by atoms with Crippen LogP contribution in [0.5, 0.6) is 0 Å². The summed E-state index contributed by atoms with van der Waals surface area (Å²) in [6.45, 7) is 1.94. The van der Waals surface area contributed by atoms with Crippen LogP contribution < -0.4 is 11.4 Å². The molecule has 0 radical (unpaired) electrons. The van der Waals surface area contributed by atoms with E-state index >= 15 is 0 Å². The van der Waals surface area contributed by atoms with Crippen molar-refractivity contribution in [2.24, 2.45) is 5.73 Å². The van der Waals surface area contributed by atoms with Gasteiger partial charge in [-0.15, -0.1) is 0 Å². The van der Waals surface area contributed by atoms with Crippen molar-refractivity contribution in [3.05, 3.63) is 77.1 Å². The quantitative estimate of drug-likeness (QED) is 0.505. The molecule has 4 aromatic rings. The van der Waals surface area contributed by atoms with Gasteiger partial charge in [0.2, 0.25) is 0 Å². The standard InChI is InChI=1S/C20H19FN8O/c1-13-5-18(28-12-26-29(20(28)30)10-14(7-21)8-22)23-9-17(13)15-3-2-4-16(6-15)19-24-11-25-27-19/h2-7,9,11-12H,8,10,22H2,1H3,(H,24,25,27)/b14-7+. The number of hydrogen-bond acceptors (Lipinski definition) is 6. The first-order valence-electron chi connectivity index (χ1n) is 9.16. The molecule has 0 amide bonds. The highest BCUT2D eigenvalue weighted by atomic mass is 19.1. The Hall–Kier alpha value is -3.92. The second kappa shape index (κ2) is 8.21. The van der Waals surface area contributed by atoms with Crippen LogP contribution in [-0.2, 0) is 6.54 Å². The maximum Gasteiger partial charge on any atom is 0.351 e. The minimum absolute atomic E-state index is 0.00892. The van der Waals surface area contributed by atoms with Crippen LogP contribution in [0.4, 0.5) is 4.39 Å². The smallest absolute Gasteiger partial charge is 0.327 e. The number of aromatic nitrogens is 7. The van der Waals surface area contributed by atoms with Crippen LogP contribution in [0, 0.1) is 6.92 Å². The van der Waals surface area contributed by atoms with E-state index in [9.17, 15) is 9.18 Å². The zero-order valence-electron chi connectivity index (χ0n) is 16.2. The fourth-order valence-corrected chi connectivity index (χ4v) is 3.09. The van der Waals surface area contributed by atoms with Crippen LogP contribution in [0.3, 0.4) is 0 Å². The molecule has 1 aromatic carbocycles. The van der Waals surface area contributed by atoms with Gasteiger partial charge >= 0.3 is 5.69 Å². The Morgan fingerprint density at radius 3 is 2.80 bits per heavy atom. The molecule has 3 N–H and O–H groups in total. The first-order valence-corrected chi connectivity index (χ1v) is 9.16. The number of nitrogens with zero attached hydrogens (tertiary/aromatic N) is 6. The van der Waals surface area contributed by atoms with E-state index in [0.29, 0.717) is 18.0 Å². The number of pyridine rings is 1. The third-order valence-corrected chi connectivity index (χ3v) is 4.71. The van der Waals surface area contributed by atoms with E-state index < -0.39 is 5.69 Å². The topological polar surface area (TPSA) is 120 Å². The lowest BCUT2D eigenvalue weighted by molar-refractivity contribution is 0.612. The van der Waals surface area contributed by atoms with Gasteiger partial charge in [-0.3, -0.25) is 5.10 Å². The monoisotopic (exact) mass is 406 g/mol. The molecule has 0 aliphatic rings. The van der Waals surface area contributed by atoms with Gasteiger partial charge in [0, 0.05) is 23.9 Å². The zero-order valence-corrected chi connectivity index (χ0v) is 16.2. The Labute approximate surface area is 170 Å². The number of aromatic amines is 1. The fraction of sp³-hybridized carbons (Fsp3) is 0.150. The Morgan fingerprint density at radius 2 is 2.10 bits per heavy atom. The molecule has 0 fully saturated rings. The van der Waals surface area contributed by atoms with Crippen molar-refractivity contribution in [2.45, 2.75) is 13.5 Å². The lowest BCUT2D eigenvalue weighted by atomic mass is 10.0. The lowest BCUT2D eigenvalue weighted by Crippen LogP contribution is -2.26. The van der Waals surface area contributed by atoms with Gasteiger partial charge in [-0.05, 0) is 35.8 Å². The van der Waals surface area contributed by atoms with E-state index in [2.05, 4.69) is 25.3 Å². The van der Waals surface area contributed by atoms with Gasteiger partial charge in [-0.1, -0.05) is 18.2 Å². The molecule has 0 spiro atoms. The van der Waals surface area contributed by atoms with Crippen LogP contribution in [0.2, 0.25) is 0 Å². The third-order valence-electron chi connectivity index (χ3n) is 4.71. The van der Waals surface area contributed by atoms with Crippen molar-refractivity contribution >= 4 is 0 Å². The summed E-state index contributed by atoms with van der Waals surface area (Å²) >= 11 is 0. The number of aryl methyl sites for hydroxylation is 1. The molecular formula is C20H19FN8O. The molecule has 3 aromatic heterocycles. The van der Waals surface area contributed by atoms with Crippen molar-refractivity contribution in [3.8, 4) is 28.3 Å². The molecule has 0 atom stereocenters. The minimum atomic E-state index is -0.422. The highest BCUT2D eigenvalue weighted by Crippen LogP contribution is 2.27. The molecule has 9 nitrogen and oxygen atoms in total. The number of rotatable bonds is 6. The van der Waals surface area contributed by atoms with Crippen LogP contribution >= 0.6 is 0 Å². The molecule has 0 aliphatic heterocycles. The average molecular weight is 406 g/mol. The summed E-state index contributed by atoms with van der Waals surface area (Å²) in [5.41, 5.74) is 9.02. The molecule has 152 valence electrons. The maximum atomic E-state index is 12.8. The number of halogens is 1. The van der Waals surface area contributed by atoms with Gasteiger partial charge in [0.25, 0.3) is 0 Å². The van der Waals surface area contributed by atoms with Gasteiger partial charge in [0.15, 0.2) is 5.82 Å². The first-order chi connectivity index (χ1) is 14.6. The van der Waals surface area contributed by atoms with Gasteiger partial charge in [0.05, 0.1) is 12.9 Å². The average Bonchev–Trinajstić information content (AvgIpc) is 3.42. The van der Waals surface area contributed by atoms with E-state index in [1.165, 1.54) is 17.2 Å². The first kappa shape index (κ1) is 19.4. The van der Waals surface area contributed by atoms with Crippen molar-refractivity contribution in [1.29, 1.82) is 0 Å². The van der Waals surface area contributed by atoms with Crippen LogP contribution in [-0.4, -0.2) is 41.1 Å². The largest absolute Gasteiger partial charge is 0.351 e. The van der Waals surface area contributed by atoms with Gasteiger partial charge in [0.1, 0.15) is 18.5 Å².